The molecule has 0 radical (unpaired) electrons. The molecule has 0 saturated carbocycles. The van der Waals surface area contributed by atoms with Crippen molar-refractivity contribution in [2.75, 3.05) is 19.4 Å². The monoisotopic (exact) mass is 357 g/mol. The number of nitrogens with one attached hydrogen (secondary N) is 1. The lowest BCUT2D eigenvalue weighted by atomic mass is 10.2. The summed E-state index contributed by atoms with van der Waals surface area (Å²) in [6, 6.07) is 6.04. The third-order valence-electron chi connectivity index (χ3n) is 2.97. The Kier molecular flexibility index (Phi) is 4.98. The molecule has 0 atom stereocenters. The lowest BCUT2D eigenvalue weighted by Gasteiger charge is -2.13. The molecule has 0 spiro atoms. The summed E-state index contributed by atoms with van der Waals surface area (Å²) in [4.78, 5) is 15.8. The number of benzene rings is 1. The maximum absolute atomic E-state index is 13.9. The minimum absolute atomic E-state index is 0.0401. The number of nitrogens with zero attached hydrogens (tertiary/aromatic N) is 2. The van der Waals surface area contributed by atoms with Gasteiger partial charge in [-0.15, -0.1) is 0 Å². The number of halogens is 2. The zero-order valence-electron chi connectivity index (χ0n) is 12.2. The van der Waals surface area contributed by atoms with Gasteiger partial charge in [-0.2, -0.15) is 0 Å². The van der Waals surface area contributed by atoms with E-state index >= 15 is 0 Å². The van der Waals surface area contributed by atoms with Crippen LogP contribution in [0.25, 0.3) is 0 Å². The molecule has 1 amide bonds. The van der Waals surface area contributed by atoms with E-state index < -0.39 is 27.3 Å². The number of carbonyl (C=O) groups excluding carboxylic acids is 1. The first kappa shape index (κ1) is 17.3. The Morgan fingerprint density at radius 3 is 2.61 bits per heavy atom. The van der Waals surface area contributed by atoms with E-state index in [1.807, 2.05) is 0 Å². The summed E-state index contributed by atoms with van der Waals surface area (Å²) in [5.41, 5.74) is -0.215. The topological polar surface area (TPSA) is 79.4 Å². The second kappa shape index (κ2) is 6.61. The van der Waals surface area contributed by atoms with Gasteiger partial charge in [0.2, 0.25) is 10.0 Å². The van der Waals surface area contributed by atoms with Gasteiger partial charge in [0.1, 0.15) is 5.82 Å². The number of rotatable bonds is 4. The van der Waals surface area contributed by atoms with Crippen molar-refractivity contribution in [1.29, 1.82) is 0 Å². The van der Waals surface area contributed by atoms with Crippen LogP contribution in [-0.2, 0) is 10.0 Å². The molecule has 0 aliphatic rings. The SMILES string of the molecule is CN(C)S(=O)(=O)c1ccc(F)c(C(=O)Nc2cccnc2Cl)c1. The Morgan fingerprint density at radius 2 is 2.00 bits per heavy atom. The molecule has 9 heteroatoms. The highest BCUT2D eigenvalue weighted by molar-refractivity contribution is 7.89. The number of aromatic nitrogens is 1. The average molecular weight is 358 g/mol. The predicted molar refractivity (Wildman–Crippen MR) is 84.5 cm³/mol. The van der Waals surface area contributed by atoms with Crippen molar-refractivity contribution in [2.45, 2.75) is 4.90 Å². The van der Waals surface area contributed by atoms with Gasteiger partial charge in [-0.1, -0.05) is 11.6 Å². The van der Waals surface area contributed by atoms with Gasteiger partial charge in [0.15, 0.2) is 5.15 Å². The highest BCUT2D eigenvalue weighted by Gasteiger charge is 2.21. The van der Waals surface area contributed by atoms with Crippen molar-refractivity contribution in [3.05, 3.63) is 53.1 Å². The van der Waals surface area contributed by atoms with Gasteiger partial charge in [-0.05, 0) is 30.3 Å². The van der Waals surface area contributed by atoms with Gasteiger partial charge >= 0.3 is 0 Å². The van der Waals surface area contributed by atoms with Crippen LogP contribution in [0.3, 0.4) is 0 Å². The largest absolute Gasteiger partial charge is 0.319 e. The van der Waals surface area contributed by atoms with Crippen molar-refractivity contribution in [2.24, 2.45) is 0 Å². The molecule has 1 heterocycles. The van der Waals surface area contributed by atoms with Gasteiger partial charge in [-0.3, -0.25) is 4.79 Å². The van der Waals surface area contributed by atoms with Crippen LogP contribution < -0.4 is 5.32 Å². The first-order valence-corrected chi connectivity index (χ1v) is 8.19. The highest BCUT2D eigenvalue weighted by Crippen LogP contribution is 2.21. The number of hydrogen-bond acceptors (Lipinski definition) is 4. The van der Waals surface area contributed by atoms with Crippen LogP contribution >= 0.6 is 11.6 Å². The quantitative estimate of drug-likeness (QED) is 0.852. The zero-order valence-corrected chi connectivity index (χ0v) is 13.8. The summed E-state index contributed by atoms with van der Waals surface area (Å²) < 4.78 is 39.0. The minimum atomic E-state index is -3.78. The van der Waals surface area contributed by atoms with Crippen LogP contribution in [0.4, 0.5) is 10.1 Å². The molecule has 6 nitrogen and oxygen atoms in total. The van der Waals surface area contributed by atoms with Gasteiger partial charge in [0.25, 0.3) is 5.91 Å². The van der Waals surface area contributed by atoms with Crippen molar-refractivity contribution in [3.8, 4) is 0 Å². The number of sulfonamides is 1. The molecule has 1 N–H and O–H groups in total. The van der Waals surface area contributed by atoms with E-state index in [-0.39, 0.29) is 15.7 Å². The molecule has 1 aromatic carbocycles. The summed E-state index contributed by atoms with van der Waals surface area (Å²) in [5.74, 6) is -1.67. The van der Waals surface area contributed by atoms with Crippen molar-refractivity contribution in [3.63, 3.8) is 0 Å². The van der Waals surface area contributed by atoms with E-state index in [2.05, 4.69) is 10.3 Å². The van der Waals surface area contributed by atoms with Crippen LogP contribution in [-0.4, -0.2) is 37.7 Å². The molecule has 0 fully saturated rings. The van der Waals surface area contributed by atoms with Crippen LogP contribution in [0.1, 0.15) is 10.4 Å². The molecule has 0 unspecified atom stereocenters. The molecule has 2 aromatic rings. The van der Waals surface area contributed by atoms with Gasteiger partial charge in [0.05, 0.1) is 16.1 Å². The summed E-state index contributed by atoms with van der Waals surface area (Å²) >= 11 is 5.82. The molecular weight excluding hydrogens is 345 g/mol. The summed E-state index contributed by atoms with van der Waals surface area (Å²) in [6.45, 7) is 0. The van der Waals surface area contributed by atoms with Crippen molar-refractivity contribution >= 4 is 33.2 Å². The fourth-order valence-electron chi connectivity index (χ4n) is 1.72. The van der Waals surface area contributed by atoms with Crippen LogP contribution in [0.2, 0.25) is 5.15 Å². The minimum Gasteiger partial charge on any atom is -0.319 e. The Labute approximate surface area is 138 Å². The summed E-state index contributed by atoms with van der Waals surface area (Å²) in [5, 5.41) is 2.43. The molecule has 122 valence electrons. The van der Waals surface area contributed by atoms with E-state index in [1.165, 1.54) is 26.4 Å². The molecule has 0 aliphatic carbocycles. The lowest BCUT2D eigenvalue weighted by molar-refractivity contribution is 0.102. The number of amides is 1. The Bertz CT molecular complexity index is 856. The van der Waals surface area contributed by atoms with E-state index in [4.69, 9.17) is 11.6 Å². The van der Waals surface area contributed by atoms with E-state index in [9.17, 15) is 17.6 Å². The number of hydrogen-bond donors (Lipinski definition) is 1. The first-order valence-electron chi connectivity index (χ1n) is 6.37. The normalized spacial score (nSPS) is 11.5. The molecule has 1 aromatic heterocycles. The Balaban J connectivity index is 2.40. The first-order chi connectivity index (χ1) is 10.7. The van der Waals surface area contributed by atoms with Crippen molar-refractivity contribution in [1.82, 2.24) is 9.29 Å². The Morgan fingerprint density at radius 1 is 1.30 bits per heavy atom. The fourth-order valence-corrected chi connectivity index (χ4v) is 2.81. The zero-order chi connectivity index (χ0) is 17.2. The maximum atomic E-state index is 13.9. The molecule has 0 bridgehead atoms. The number of anilines is 1. The molecule has 23 heavy (non-hydrogen) atoms. The number of pyridine rings is 1. The van der Waals surface area contributed by atoms with Crippen LogP contribution in [0.5, 0.6) is 0 Å². The van der Waals surface area contributed by atoms with E-state index in [0.29, 0.717) is 0 Å². The fraction of sp³-hybridized carbons (Fsp3) is 0.143. The highest BCUT2D eigenvalue weighted by atomic mass is 35.5. The van der Waals surface area contributed by atoms with Gasteiger partial charge in [-0.25, -0.2) is 22.1 Å². The van der Waals surface area contributed by atoms with Gasteiger partial charge in [0, 0.05) is 20.3 Å². The lowest BCUT2D eigenvalue weighted by Crippen LogP contribution is -2.23. The average Bonchev–Trinajstić information content (AvgIpc) is 2.49. The Hall–Kier alpha value is -2.03. The third-order valence-corrected chi connectivity index (χ3v) is 5.08. The van der Waals surface area contributed by atoms with Crippen LogP contribution in [0, 0.1) is 5.82 Å². The van der Waals surface area contributed by atoms with Crippen LogP contribution in [0.15, 0.2) is 41.4 Å². The summed E-state index contributed by atoms with van der Waals surface area (Å²) in [6.07, 6.45) is 1.43. The molecule has 2 rings (SSSR count). The molecule has 0 aliphatic heterocycles. The predicted octanol–water partition coefficient (Wildman–Crippen LogP) is 2.38. The third kappa shape index (κ3) is 3.66. The smallest absolute Gasteiger partial charge is 0.258 e. The van der Waals surface area contributed by atoms with E-state index in [0.717, 1.165) is 22.5 Å². The van der Waals surface area contributed by atoms with E-state index in [1.54, 1.807) is 6.07 Å². The standard InChI is InChI=1S/C14H13ClFN3O3S/c1-19(2)23(21,22)9-5-6-11(16)10(8-9)14(20)18-12-4-3-7-17-13(12)15/h3-8H,1-2H3,(H,18,20). The maximum Gasteiger partial charge on any atom is 0.258 e. The molecule has 0 saturated heterocycles. The second-order valence-electron chi connectivity index (χ2n) is 4.72. The second-order valence-corrected chi connectivity index (χ2v) is 7.23. The van der Waals surface area contributed by atoms with Crippen molar-refractivity contribution < 1.29 is 17.6 Å². The van der Waals surface area contributed by atoms with Gasteiger partial charge < -0.3 is 5.32 Å². The summed E-state index contributed by atoms with van der Waals surface area (Å²) in [7, 11) is -1.10. The number of carbonyl (C=O) groups is 1. The molecular formula is C14H13ClFN3O3S.